The molecule has 2 aromatic rings. The lowest BCUT2D eigenvalue weighted by atomic mass is 9.78. The zero-order valence-corrected chi connectivity index (χ0v) is 13.0. The third kappa shape index (κ3) is 2.83. The van der Waals surface area contributed by atoms with Gasteiger partial charge in [-0.2, -0.15) is 0 Å². The number of hydrogen-bond acceptors (Lipinski definition) is 3. The average molecular weight is 307 g/mol. The number of fused-ring (bicyclic) bond motifs is 2. The van der Waals surface area contributed by atoms with E-state index in [0.29, 0.717) is 12.0 Å². The van der Waals surface area contributed by atoms with E-state index in [4.69, 9.17) is 10.2 Å². The van der Waals surface area contributed by atoms with Crippen molar-refractivity contribution in [3.63, 3.8) is 0 Å². The predicted octanol–water partition coefficient (Wildman–Crippen LogP) is 3.41. The Labute approximate surface area is 131 Å². The molecule has 0 bridgehead atoms. The highest BCUT2D eigenvalue weighted by Crippen LogP contribution is 2.36. The Hall–Kier alpha value is -1.03. The standard InChI is InChI=1S/C17H22N2O.ClH/c18-16-6-3-5-13-9-19(11-15(13)16)10-14-8-12-4-1-2-7-17(12)20-14;/h1-2,4,7-8,13,15-16H,3,5-6,9-11,18H2;1H. The molecule has 1 aliphatic carbocycles. The Balaban J connectivity index is 0.00000132. The molecule has 1 aromatic heterocycles. The van der Waals surface area contributed by atoms with Gasteiger partial charge in [0.15, 0.2) is 0 Å². The molecular weight excluding hydrogens is 284 g/mol. The van der Waals surface area contributed by atoms with Crippen LogP contribution in [0.1, 0.15) is 25.0 Å². The number of furan rings is 1. The smallest absolute Gasteiger partial charge is 0.134 e. The van der Waals surface area contributed by atoms with Crippen molar-refractivity contribution >= 4 is 23.4 Å². The largest absolute Gasteiger partial charge is 0.460 e. The van der Waals surface area contributed by atoms with Crippen LogP contribution in [-0.2, 0) is 6.54 Å². The van der Waals surface area contributed by atoms with Gasteiger partial charge < -0.3 is 10.2 Å². The molecule has 3 unspecified atom stereocenters. The molecule has 4 heteroatoms. The Kier molecular flexibility index (Phi) is 4.25. The van der Waals surface area contributed by atoms with Crippen LogP contribution in [0.4, 0.5) is 0 Å². The molecule has 0 amide bonds. The quantitative estimate of drug-likeness (QED) is 0.924. The van der Waals surface area contributed by atoms with Crippen molar-refractivity contribution in [3.8, 4) is 0 Å². The SMILES string of the molecule is Cl.NC1CCCC2CN(Cc3cc4ccccc4o3)CC12. The van der Waals surface area contributed by atoms with Crippen LogP contribution in [0.25, 0.3) is 11.0 Å². The van der Waals surface area contributed by atoms with Gasteiger partial charge in [-0.3, -0.25) is 4.90 Å². The van der Waals surface area contributed by atoms with Gasteiger partial charge in [0.1, 0.15) is 11.3 Å². The van der Waals surface area contributed by atoms with Crippen LogP contribution in [0.5, 0.6) is 0 Å². The molecule has 2 N–H and O–H groups in total. The second kappa shape index (κ2) is 5.99. The third-order valence-corrected chi connectivity index (χ3v) is 5.09. The highest BCUT2D eigenvalue weighted by Gasteiger charge is 2.38. The van der Waals surface area contributed by atoms with Crippen molar-refractivity contribution in [2.75, 3.05) is 13.1 Å². The van der Waals surface area contributed by atoms with E-state index in [9.17, 15) is 0 Å². The van der Waals surface area contributed by atoms with Crippen molar-refractivity contribution in [1.29, 1.82) is 0 Å². The van der Waals surface area contributed by atoms with Crippen molar-refractivity contribution in [3.05, 3.63) is 36.1 Å². The molecule has 0 radical (unpaired) electrons. The number of nitrogens with zero attached hydrogens (tertiary/aromatic N) is 1. The predicted molar refractivity (Wildman–Crippen MR) is 87.5 cm³/mol. The minimum absolute atomic E-state index is 0. The summed E-state index contributed by atoms with van der Waals surface area (Å²) in [6, 6.07) is 10.8. The first kappa shape index (κ1) is 14.9. The van der Waals surface area contributed by atoms with Crippen molar-refractivity contribution in [2.24, 2.45) is 17.6 Å². The maximum absolute atomic E-state index is 6.29. The summed E-state index contributed by atoms with van der Waals surface area (Å²) in [6.07, 6.45) is 3.87. The summed E-state index contributed by atoms with van der Waals surface area (Å²) in [6.45, 7) is 3.26. The maximum Gasteiger partial charge on any atom is 0.134 e. The number of rotatable bonds is 2. The van der Waals surface area contributed by atoms with Crippen LogP contribution in [0.15, 0.2) is 34.7 Å². The van der Waals surface area contributed by atoms with Crippen LogP contribution in [0, 0.1) is 11.8 Å². The Morgan fingerprint density at radius 1 is 1.19 bits per heavy atom. The van der Waals surface area contributed by atoms with Gasteiger partial charge in [0.2, 0.25) is 0 Å². The van der Waals surface area contributed by atoms with Crippen LogP contribution in [0.3, 0.4) is 0 Å². The molecule has 2 fully saturated rings. The molecule has 3 nitrogen and oxygen atoms in total. The summed E-state index contributed by atoms with van der Waals surface area (Å²) in [7, 11) is 0. The topological polar surface area (TPSA) is 42.4 Å². The minimum Gasteiger partial charge on any atom is -0.460 e. The lowest BCUT2D eigenvalue weighted by Gasteiger charge is -2.29. The van der Waals surface area contributed by atoms with Crippen LogP contribution in [-0.4, -0.2) is 24.0 Å². The summed E-state index contributed by atoms with van der Waals surface area (Å²) in [5, 5.41) is 1.20. The normalized spacial score (nSPS) is 29.3. The fraction of sp³-hybridized carbons (Fsp3) is 0.529. The second-order valence-corrected chi connectivity index (χ2v) is 6.46. The van der Waals surface area contributed by atoms with E-state index in [2.05, 4.69) is 23.1 Å². The highest BCUT2D eigenvalue weighted by atomic mass is 35.5. The van der Waals surface area contributed by atoms with E-state index < -0.39 is 0 Å². The molecule has 1 saturated heterocycles. The molecule has 1 aromatic carbocycles. The second-order valence-electron chi connectivity index (χ2n) is 6.46. The number of benzene rings is 1. The monoisotopic (exact) mass is 306 g/mol. The number of nitrogens with two attached hydrogens (primary N) is 1. The Morgan fingerprint density at radius 2 is 2.05 bits per heavy atom. The van der Waals surface area contributed by atoms with Gasteiger partial charge in [-0.05, 0) is 36.8 Å². The first-order chi connectivity index (χ1) is 9.79. The average Bonchev–Trinajstić information content (AvgIpc) is 3.02. The molecule has 2 heterocycles. The van der Waals surface area contributed by atoms with E-state index in [0.717, 1.165) is 30.4 Å². The minimum atomic E-state index is 0. The molecule has 0 spiro atoms. The zero-order valence-electron chi connectivity index (χ0n) is 12.2. The van der Waals surface area contributed by atoms with E-state index in [1.165, 1.54) is 31.2 Å². The van der Waals surface area contributed by atoms with E-state index in [1.54, 1.807) is 0 Å². The number of halogens is 1. The highest BCUT2D eigenvalue weighted by molar-refractivity contribution is 5.85. The van der Waals surface area contributed by atoms with Gasteiger partial charge in [0, 0.05) is 24.5 Å². The zero-order chi connectivity index (χ0) is 13.5. The summed E-state index contributed by atoms with van der Waals surface area (Å²) in [5.74, 6) is 2.59. The van der Waals surface area contributed by atoms with Crippen LogP contribution >= 0.6 is 12.4 Å². The van der Waals surface area contributed by atoms with Crippen molar-refractivity contribution in [1.82, 2.24) is 4.90 Å². The van der Waals surface area contributed by atoms with E-state index in [1.807, 2.05) is 12.1 Å². The van der Waals surface area contributed by atoms with Gasteiger partial charge in [-0.25, -0.2) is 0 Å². The van der Waals surface area contributed by atoms with Gasteiger partial charge >= 0.3 is 0 Å². The summed E-state index contributed by atoms with van der Waals surface area (Å²) in [5.41, 5.74) is 7.28. The van der Waals surface area contributed by atoms with Crippen LogP contribution in [0.2, 0.25) is 0 Å². The number of hydrogen-bond donors (Lipinski definition) is 1. The Bertz CT molecular complexity index is 579. The molecule has 2 aliphatic rings. The first-order valence-corrected chi connectivity index (χ1v) is 7.75. The summed E-state index contributed by atoms with van der Waals surface area (Å²) >= 11 is 0. The molecule has 114 valence electrons. The first-order valence-electron chi connectivity index (χ1n) is 7.75. The van der Waals surface area contributed by atoms with Gasteiger partial charge in [-0.15, -0.1) is 12.4 Å². The number of likely N-dealkylation sites (tertiary alicyclic amines) is 1. The summed E-state index contributed by atoms with van der Waals surface area (Å²) in [4.78, 5) is 2.53. The molecule has 3 atom stereocenters. The molecule has 1 saturated carbocycles. The van der Waals surface area contributed by atoms with E-state index >= 15 is 0 Å². The van der Waals surface area contributed by atoms with Crippen molar-refractivity contribution < 1.29 is 4.42 Å². The Morgan fingerprint density at radius 3 is 2.86 bits per heavy atom. The lowest BCUT2D eigenvalue weighted by Crippen LogP contribution is -2.38. The van der Waals surface area contributed by atoms with Crippen molar-refractivity contribution in [2.45, 2.75) is 31.8 Å². The van der Waals surface area contributed by atoms with Gasteiger partial charge in [0.05, 0.1) is 6.54 Å². The fourth-order valence-electron chi connectivity index (χ4n) is 4.07. The fourth-order valence-corrected chi connectivity index (χ4v) is 4.07. The maximum atomic E-state index is 6.29. The molecule has 21 heavy (non-hydrogen) atoms. The van der Waals surface area contributed by atoms with Gasteiger partial charge in [0.25, 0.3) is 0 Å². The summed E-state index contributed by atoms with van der Waals surface area (Å²) < 4.78 is 5.94. The molecule has 1 aliphatic heterocycles. The lowest BCUT2D eigenvalue weighted by molar-refractivity contribution is 0.258. The van der Waals surface area contributed by atoms with E-state index in [-0.39, 0.29) is 12.4 Å². The third-order valence-electron chi connectivity index (χ3n) is 5.09. The van der Waals surface area contributed by atoms with Crippen LogP contribution < -0.4 is 5.73 Å². The molecular formula is C17H23ClN2O. The molecule has 4 rings (SSSR count). The van der Waals surface area contributed by atoms with Gasteiger partial charge in [-0.1, -0.05) is 24.6 Å². The number of para-hydroxylation sites is 1.